The standard InChI is InChI=1S/C78H149NO5/c1-3-5-7-9-11-13-15-16-17-18-19-35-38-41-44-47-51-54-58-62-66-70-76(81)75(74-80)79-77(82)71-67-63-59-55-52-48-45-42-39-36-33-31-29-27-25-23-21-20-22-24-26-28-30-32-34-37-40-43-46-49-53-57-61-65-69-73-84-78(83)72-68-64-60-56-50-14-12-10-8-6-4-2/h10,12,22,24,66,70,75-76,80-81H,3-9,11,13-21,23,25-65,67-69,71-74H2,1-2H3,(H,79,82)/b12-10-,24-22-,70-66+. The fourth-order valence-corrected chi connectivity index (χ4v) is 12.0. The van der Waals surface area contributed by atoms with Crippen LogP contribution >= 0.6 is 0 Å². The van der Waals surface area contributed by atoms with Gasteiger partial charge in [0.25, 0.3) is 0 Å². The van der Waals surface area contributed by atoms with Crippen molar-refractivity contribution in [1.82, 2.24) is 5.32 Å². The average Bonchev–Trinajstić information content (AvgIpc) is 3.51. The van der Waals surface area contributed by atoms with E-state index < -0.39 is 12.1 Å². The van der Waals surface area contributed by atoms with Crippen molar-refractivity contribution in [2.45, 2.75) is 437 Å². The SMILES string of the molecule is CCCC/C=C\CCCCCCCC(=O)OCCCCCCCCCCCCCCCC/C=C\CCCCCCCCCCCCCCCCCCCC(=O)NC(CO)C(O)/C=C/CCCCCCCCCCCCCCCCCCCCC. The molecule has 0 bridgehead atoms. The number of allylic oxidation sites excluding steroid dienone is 5. The smallest absolute Gasteiger partial charge is 0.305 e. The fraction of sp³-hybridized carbons (Fsp3) is 0.897. The predicted octanol–water partition coefficient (Wildman–Crippen LogP) is 25.0. The molecule has 0 heterocycles. The Bertz CT molecular complexity index is 1360. The molecule has 84 heavy (non-hydrogen) atoms. The van der Waals surface area contributed by atoms with Crippen molar-refractivity contribution in [2.24, 2.45) is 0 Å². The number of amides is 1. The Morgan fingerprint density at radius 3 is 0.881 bits per heavy atom. The first-order chi connectivity index (χ1) is 41.5. The molecule has 496 valence electrons. The first kappa shape index (κ1) is 82.1. The minimum Gasteiger partial charge on any atom is -0.466 e. The van der Waals surface area contributed by atoms with Gasteiger partial charge in [-0.1, -0.05) is 371 Å². The van der Waals surface area contributed by atoms with Crippen molar-refractivity contribution in [3.05, 3.63) is 36.5 Å². The summed E-state index contributed by atoms with van der Waals surface area (Å²) in [6.07, 6.45) is 95.5. The molecular formula is C78H149NO5. The van der Waals surface area contributed by atoms with Crippen LogP contribution in [0.15, 0.2) is 36.5 Å². The van der Waals surface area contributed by atoms with E-state index in [4.69, 9.17) is 4.74 Å². The second kappa shape index (κ2) is 73.5. The monoisotopic (exact) mass is 1180 g/mol. The molecule has 0 rings (SSSR count). The van der Waals surface area contributed by atoms with Crippen LogP contribution in [-0.4, -0.2) is 47.4 Å². The number of carbonyl (C=O) groups is 2. The normalized spacial score (nSPS) is 12.7. The maximum absolute atomic E-state index is 12.5. The van der Waals surface area contributed by atoms with Crippen molar-refractivity contribution in [1.29, 1.82) is 0 Å². The summed E-state index contributed by atoms with van der Waals surface area (Å²) < 4.78 is 5.47. The van der Waals surface area contributed by atoms with Gasteiger partial charge in [0, 0.05) is 12.8 Å². The van der Waals surface area contributed by atoms with E-state index in [-0.39, 0.29) is 18.5 Å². The first-order valence-corrected chi connectivity index (χ1v) is 38.3. The van der Waals surface area contributed by atoms with Crippen LogP contribution in [0.2, 0.25) is 0 Å². The van der Waals surface area contributed by atoms with Gasteiger partial charge in [-0.15, -0.1) is 0 Å². The number of aliphatic hydroxyl groups is 2. The van der Waals surface area contributed by atoms with Gasteiger partial charge in [-0.2, -0.15) is 0 Å². The zero-order valence-electron chi connectivity index (χ0n) is 56.9. The molecule has 6 nitrogen and oxygen atoms in total. The molecule has 0 saturated heterocycles. The van der Waals surface area contributed by atoms with E-state index in [9.17, 15) is 19.8 Å². The topological polar surface area (TPSA) is 95.9 Å². The van der Waals surface area contributed by atoms with Crippen LogP contribution in [0.25, 0.3) is 0 Å². The van der Waals surface area contributed by atoms with Crippen molar-refractivity contribution >= 4 is 11.9 Å². The van der Waals surface area contributed by atoms with Gasteiger partial charge in [-0.05, 0) is 77.0 Å². The molecule has 0 saturated carbocycles. The van der Waals surface area contributed by atoms with E-state index in [0.29, 0.717) is 19.4 Å². The molecule has 0 aliphatic heterocycles. The Morgan fingerprint density at radius 2 is 0.571 bits per heavy atom. The van der Waals surface area contributed by atoms with E-state index in [2.05, 4.69) is 43.5 Å². The number of unbranched alkanes of at least 4 members (excludes halogenated alkanes) is 57. The summed E-state index contributed by atoms with van der Waals surface area (Å²) >= 11 is 0. The zero-order valence-corrected chi connectivity index (χ0v) is 56.9. The summed E-state index contributed by atoms with van der Waals surface area (Å²) in [6.45, 7) is 4.91. The Balaban J connectivity index is 3.37. The maximum atomic E-state index is 12.5. The predicted molar refractivity (Wildman–Crippen MR) is 370 cm³/mol. The molecule has 0 spiro atoms. The minimum atomic E-state index is -0.843. The number of hydrogen-bond acceptors (Lipinski definition) is 5. The lowest BCUT2D eigenvalue weighted by Gasteiger charge is -2.20. The summed E-state index contributed by atoms with van der Waals surface area (Å²) in [7, 11) is 0. The highest BCUT2D eigenvalue weighted by Crippen LogP contribution is 2.19. The summed E-state index contributed by atoms with van der Waals surface area (Å²) in [5, 5.41) is 23.3. The van der Waals surface area contributed by atoms with Gasteiger partial charge in [-0.25, -0.2) is 0 Å². The zero-order chi connectivity index (χ0) is 60.6. The van der Waals surface area contributed by atoms with Crippen molar-refractivity contribution in [2.75, 3.05) is 13.2 Å². The highest BCUT2D eigenvalue weighted by atomic mass is 16.5. The number of ether oxygens (including phenoxy) is 1. The summed E-state index contributed by atoms with van der Waals surface area (Å²) in [6, 6.07) is -0.626. The van der Waals surface area contributed by atoms with Crippen molar-refractivity contribution < 1.29 is 24.5 Å². The van der Waals surface area contributed by atoms with Crippen LogP contribution in [0.3, 0.4) is 0 Å². The third-order valence-corrected chi connectivity index (χ3v) is 17.9. The van der Waals surface area contributed by atoms with E-state index >= 15 is 0 Å². The van der Waals surface area contributed by atoms with Gasteiger partial charge < -0.3 is 20.3 Å². The third kappa shape index (κ3) is 69.2. The van der Waals surface area contributed by atoms with Crippen LogP contribution in [0.5, 0.6) is 0 Å². The summed E-state index contributed by atoms with van der Waals surface area (Å²) in [5.41, 5.74) is 0. The van der Waals surface area contributed by atoms with Crippen LogP contribution in [0.1, 0.15) is 425 Å². The van der Waals surface area contributed by atoms with E-state index in [1.807, 2.05) is 6.08 Å². The lowest BCUT2D eigenvalue weighted by molar-refractivity contribution is -0.143. The van der Waals surface area contributed by atoms with E-state index in [0.717, 1.165) is 44.9 Å². The van der Waals surface area contributed by atoms with Crippen LogP contribution in [0.4, 0.5) is 0 Å². The largest absolute Gasteiger partial charge is 0.466 e. The molecule has 0 aromatic rings. The fourth-order valence-electron chi connectivity index (χ4n) is 12.0. The Labute approximate surface area is 525 Å². The maximum Gasteiger partial charge on any atom is 0.305 e. The number of rotatable bonds is 72. The number of aliphatic hydroxyl groups excluding tert-OH is 2. The lowest BCUT2D eigenvalue weighted by atomic mass is 10.0. The number of carbonyl (C=O) groups excluding carboxylic acids is 2. The average molecular weight is 1180 g/mol. The Kier molecular flexibility index (Phi) is 71.9. The second-order valence-corrected chi connectivity index (χ2v) is 26.3. The van der Waals surface area contributed by atoms with Gasteiger partial charge in [0.1, 0.15) is 0 Å². The summed E-state index contributed by atoms with van der Waals surface area (Å²) in [4.78, 5) is 24.5. The molecule has 0 aromatic carbocycles. The minimum absolute atomic E-state index is 0.00926. The molecule has 2 unspecified atom stereocenters. The molecule has 0 radical (unpaired) electrons. The van der Waals surface area contributed by atoms with Crippen molar-refractivity contribution in [3.63, 3.8) is 0 Å². The molecule has 0 aliphatic carbocycles. The van der Waals surface area contributed by atoms with Gasteiger partial charge in [0.2, 0.25) is 5.91 Å². The van der Waals surface area contributed by atoms with E-state index in [1.54, 1.807) is 6.08 Å². The van der Waals surface area contributed by atoms with Crippen LogP contribution < -0.4 is 5.32 Å². The van der Waals surface area contributed by atoms with Gasteiger partial charge in [0.15, 0.2) is 0 Å². The molecular weight excluding hydrogens is 1030 g/mol. The molecule has 2 atom stereocenters. The molecule has 1 amide bonds. The van der Waals surface area contributed by atoms with Crippen LogP contribution in [-0.2, 0) is 14.3 Å². The van der Waals surface area contributed by atoms with Gasteiger partial charge >= 0.3 is 5.97 Å². The lowest BCUT2D eigenvalue weighted by Crippen LogP contribution is -2.45. The molecule has 6 heteroatoms. The van der Waals surface area contributed by atoms with E-state index in [1.165, 1.54) is 353 Å². The molecule has 3 N–H and O–H groups in total. The van der Waals surface area contributed by atoms with Gasteiger partial charge in [-0.3, -0.25) is 9.59 Å². The molecule has 0 fully saturated rings. The Hall–Kier alpha value is -1.92. The quantitative estimate of drug-likeness (QED) is 0.0320. The number of nitrogens with one attached hydrogen (secondary N) is 1. The summed E-state index contributed by atoms with van der Waals surface area (Å²) in [5.74, 6) is -0.0509. The Morgan fingerprint density at radius 1 is 0.321 bits per heavy atom. The van der Waals surface area contributed by atoms with Crippen LogP contribution in [0, 0.1) is 0 Å². The molecule has 0 aromatic heterocycles. The third-order valence-electron chi connectivity index (χ3n) is 17.9. The highest BCUT2D eigenvalue weighted by Gasteiger charge is 2.18. The first-order valence-electron chi connectivity index (χ1n) is 38.3. The number of esters is 1. The second-order valence-electron chi connectivity index (χ2n) is 26.3. The van der Waals surface area contributed by atoms with Crippen molar-refractivity contribution in [3.8, 4) is 0 Å². The van der Waals surface area contributed by atoms with Gasteiger partial charge in [0.05, 0.1) is 25.4 Å². The number of hydrogen-bond donors (Lipinski definition) is 3. The molecule has 0 aliphatic rings. The highest BCUT2D eigenvalue weighted by molar-refractivity contribution is 5.76.